The van der Waals surface area contributed by atoms with Crippen LogP contribution in [0.4, 0.5) is 20.4 Å². The van der Waals surface area contributed by atoms with Gasteiger partial charge in [0, 0.05) is 12.4 Å². The van der Waals surface area contributed by atoms with Crippen LogP contribution in [0.15, 0.2) is 73.1 Å². The second-order valence-electron chi connectivity index (χ2n) is 6.84. The molecule has 0 radical (unpaired) electrons. The number of aromatic nitrogens is 3. The minimum absolute atomic E-state index is 0.0201. The standard InChI is InChI=1S/C22H17F2N5O3S/c23-19-17(29-33(30,31)13-14-5-2-1-3-6-14)8-9-18(20(19)24)32-21-15(7-4-11-26-21)16-10-12-27-22(25)28-16/h1-12,29H,13H2,(H2,25,27,28). The Morgan fingerprint density at radius 1 is 0.909 bits per heavy atom. The molecule has 0 fully saturated rings. The molecule has 3 N–H and O–H groups in total. The second-order valence-corrected chi connectivity index (χ2v) is 8.57. The number of hydrogen-bond donors (Lipinski definition) is 2. The van der Waals surface area contributed by atoms with E-state index >= 15 is 0 Å². The Kier molecular flexibility index (Phi) is 6.13. The summed E-state index contributed by atoms with van der Waals surface area (Å²) in [6, 6.07) is 15.3. The highest BCUT2D eigenvalue weighted by Crippen LogP contribution is 2.34. The first kappa shape index (κ1) is 22.1. The maximum absolute atomic E-state index is 14.7. The van der Waals surface area contributed by atoms with Crippen molar-refractivity contribution in [3.05, 3.63) is 90.3 Å². The van der Waals surface area contributed by atoms with E-state index in [9.17, 15) is 17.2 Å². The van der Waals surface area contributed by atoms with Gasteiger partial charge in [0.1, 0.15) is 0 Å². The molecule has 0 aliphatic rings. The van der Waals surface area contributed by atoms with E-state index in [0.717, 1.165) is 12.1 Å². The van der Waals surface area contributed by atoms with E-state index in [1.54, 1.807) is 48.5 Å². The van der Waals surface area contributed by atoms with E-state index in [4.69, 9.17) is 10.5 Å². The zero-order valence-electron chi connectivity index (χ0n) is 16.9. The number of nitrogen functional groups attached to an aromatic ring is 1. The van der Waals surface area contributed by atoms with Crippen molar-refractivity contribution in [2.45, 2.75) is 5.75 Å². The SMILES string of the molecule is Nc1nccc(-c2cccnc2Oc2ccc(NS(=O)(=O)Cc3ccccc3)c(F)c2F)n1. The van der Waals surface area contributed by atoms with Crippen molar-refractivity contribution in [1.82, 2.24) is 15.0 Å². The first-order chi connectivity index (χ1) is 15.8. The van der Waals surface area contributed by atoms with Crippen molar-refractivity contribution < 1.29 is 21.9 Å². The number of nitrogens with one attached hydrogen (secondary N) is 1. The molecule has 0 aliphatic carbocycles. The maximum Gasteiger partial charge on any atom is 0.237 e. The lowest BCUT2D eigenvalue weighted by Gasteiger charge is -2.13. The van der Waals surface area contributed by atoms with Gasteiger partial charge in [0.05, 0.1) is 22.7 Å². The molecule has 4 rings (SSSR count). The third-order valence-corrected chi connectivity index (χ3v) is 5.68. The Morgan fingerprint density at radius 3 is 2.45 bits per heavy atom. The summed E-state index contributed by atoms with van der Waals surface area (Å²) >= 11 is 0. The highest BCUT2D eigenvalue weighted by atomic mass is 32.2. The van der Waals surface area contributed by atoms with Crippen LogP contribution >= 0.6 is 0 Å². The van der Waals surface area contributed by atoms with Gasteiger partial charge in [-0.15, -0.1) is 0 Å². The van der Waals surface area contributed by atoms with E-state index in [2.05, 4.69) is 19.7 Å². The predicted octanol–water partition coefficient (Wildman–Crippen LogP) is 4.13. The molecular formula is C22H17F2N5O3S. The van der Waals surface area contributed by atoms with Gasteiger partial charge >= 0.3 is 0 Å². The number of sulfonamides is 1. The van der Waals surface area contributed by atoms with Crippen molar-refractivity contribution in [2.24, 2.45) is 0 Å². The van der Waals surface area contributed by atoms with Crippen molar-refractivity contribution in [3.8, 4) is 22.9 Å². The van der Waals surface area contributed by atoms with Crippen LogP contribution in [-0.4, -0.2) is 23.4 Å². The number of rotatable bonds is 7. The van der Waals surface area contributed by atoms with Crippen LogP contribution in [-0.2, 0) is 15.8 Å². The monoisotopic (exact) mass is 469 g/mol. The molecule has 0 unspecified atom stereocenters. The molecule has 2 aromatic heterocycles. The van der Waals surface area contributed by atoms with Gasteiger partial charge in [-0.3, -0.25) is 4.72 Å². The van der Waals surface area contributed by atoms with Crippen molar-refractivity contribution >= 4 is 21.7 Å². The molecule has 0 spiro atoms. The van der Waals surface area contributed by atoms with Gasteiger partial charge in [-0.05, 0) is 35.9 Å². The van der Waals surface area contributed by atoms with Gasteiger partial charge in [-0.1, -0.05) is 30.3 Å². The first-order valence-electron chi connectivity index (χ1n) is 9.56. The first-order valence-corrected chi connectivity index (χ1v) is 11.2. The van der Waals surface area contributed by atoms with E-state index < -0.39 is 38.8 Å². The van der Waals surface area contributed by atoms with Gasteiger partial charge < -0.3 is 10.5 Å². The fourth-order valence-corrected chi connectivity index (χ4v) is 4.18. The van der Waals surface area contributed by atoms with Gasteiger partial charge in [0.2, 0.25) is 27.7 Å². The van der Waals surface area contributed by atoms with E-state index in [1.807, 2.05) is 0 Å². The molecule has 0 atom stereocenters. The molecule has 11 heteroatoms. The van der Waals surface area contributed by atoms with Crippen LogP contribution in [0.2, 0.25) is 0 Å². The number of nitrogens with zero attached hydrogens (tertiary/aromatic N) is 3. The molecule has 2 heterocycles. The molecule has 0 saturated heterocycles. The van der Waals surface area contributed by atoms with E-state index in [1.165, 1.54) is 12.4 Å². The molecule has 0 amide bonds. The van der Waals surface area contributed by atoms with Crippen molar-refractivity contribution in [1.29, 1.82) is 0 Å². The summed E-state index contributed by atoms with van der Waals surface area (Å²) < 4.78 is 61.7. The Bertz CT molecular complexity index is 1400. The number of halogens is 2. The predicted molar refractivity (Wildman–Crippen MR) is 119 cm³/mol. The maximum atomic E-state index is 14.7. The van der Waals surface area contributed by atoms with Gasteiger partial charge in [-0.2, -0.15) is 4.39 Å². The number of anilines is 2. The van der Waals surface area contributed by atoms with Crippen LogP contribution < -0.4 is 15.2 Å². The zero-order valence-corrected chi connectivity index (χ0v) is 17.8. The Hall–Kier alpha value is -4.12. The summed E-state index contributed by atoms with van der Waals surface area (Å²) in [7, 11) is -3.98. The van der Waals surface area contributed by atoms with Gasteiger partial charge in [0.15, 0.2) is 11.6 Å². The number of ether oxygens (including phenoxy) is 1. The molecule has 2 aromatic carbocycles. The quantitative estimate of drug-likeness (QED) is 0.417. The van der Waals surface area contributed by atoms with Crippen LogP contribution in [0.3, 0.4) is 0 Å². The molecule has 33 heavy (non-hydrogen) atoms. The summed E-state index contributed by atoms with van der Waals surface area (Å²) in [5.41, 5.74) is 6.31. The highest BCUT2D eigenvalue weighted by molar-refractivity contribution is 7.91. The molecule has 168 valence electrons. The average Bonchev–Trinajstić information content (AvgIpc) is 2.79. The van der Waals surface area contributed by atoms with E-state index in [0.29, 0.717) is 16.8 Å². The number of pyridine rings is 1. The number of nitrogens with two attached hydrogens (primary N) is 1. The molecule has 0 bridgehead atoms. The van der Waals surface area contributed by atoms with Crippen LogP contribution in [0, 0.1) is 11.6 Å². The Balaban J connectivity index is 1.59. The summed E-state index contributed by atoms with van der Waals surface area (Å²) in [6.45, 7) is 0. The third-order valence-electron chi connectivity index (χ3n) is 4.44. The second kappa shape index (κ2) is 9.17. The Morgan fingerprint density at radius 2 is 1.70 bits per heavy atom. The molecule has 0 aliphatic heterocycles. The minimum atomic E-state index is -3.98. The number of hydrogen-bond acceptors (Lipinski definition) is 7. The smallest absolute Gasteiger partial charge is 0.237 e. The largest absolute Gasteiger partial charge is 0.435 e. The molecule has 8 nitrogen and oxygen atoms in total. The molecule has 4 aromatic rings. The van der Waals surface area contributed by atoms with E-state index in [-0.39, 0.29) is 11.8 Å². The van der Waals surface area contributed by atoms with Crippen LogP contribution in [0.25, 0.3) is 11.3 Å². The van der Waals surface area contributed by atoms with Gasteiger partial charge in [-0.25, -0.2) is 27.8 Å². The molecular weight excluding hydrogens is 452 g/mol. The Labute approximate surface area is 188 Å². The number of benzene rings is 2. The average molecular weight is 469 g/mol. The van der Waals surface area contributed by atoms with Crippen molar-refractivity contribution in [3.63, 3.8) is 0 Å². The summed E-state index contributed by atoms with van der Waals surface area (Å²) in [4.78, 5) is 11.9. The minimum Gasteiger partial charge on any atom is -0.435 e. The summed E-state index contributed by atoms with van der Waals surface area (Å²) in [6.07, 6.45) is 2.84. The summed E-state index contributed by atoms with van der Waals surface area (Å²) in [5, 5.41) is 0. The van der Waals surface area contributed by atoms with Crippen LogP contribution in [0.5, 0.6) is 11.6 Å². The van der Waals surface area contributed by atoms with Gasteiger partial charge in [0.25, 0.3) is 0 Å². The van der Waals surface area contributed by atoms with Crippen molar-refractivity contribution in [2.75, 3.05) is 10.5 Å². The molecule has 0 saturated carbocycles. The lowest BCUT2D eigenvalue weighted by atomic mass is 10.2. The van der Waals surface area contributed by atoms with Crippen LogP contribution in [0.1, 0.15) is 5.56 Å². The lowest BCUT2D eigenvalue weighted by Crippen LogP contribution is -2.16. The fraction of sp³-hybridized carbons (Fsp3) is 0.0455. The zero-order chi connectivity index (χ0) is 23.4. The topological polar surface area (TPSA) is 120 Å². The highest BCUT2D eigenvalue weighted by Gasteiger charge is 2.21. The third kappa shape index (κ3) is 5.21. The lowest BCUT2D eigenvalue weighted by molar-refractivity contribution is 0.407. The summed E-state index contributed by atoms with van der Waals surface area (Å²) in [5.74, 6) is -3.70. The fourth-order valence-electron chi connectivity index (χ4n) is 2.98. The normalized spacial score (nSPS) is 11.2.